The van der Waals surface area contributed by atoms with E-state index in [1.165, 1.54) is 0 Å². The second-order valence-electron chi connectivity index (χ2n) is 3.25. The predicted octanol–water partition coefficient (Wildman–Crippen LogP) is 1.83. The molecule has 0 saturated carbocycles. The van der Waals surface area contributed by atoms with Crippen LogP contribution in [-0.2, 0) is 11.0 Å². The van der Waals surface area contributed by atoms with E-state index in [4.69, 9.17) is 10.8 Å². The molecule has 1 rings (SSSR count). The lowest BCUT2D eigenvalue weighted by Gasteiger charge is -2.11. The van der Waals surface area contributed by atoms with Crippen LogP contribution in [0.2, 0.25) is 0 Å². The summed E-state index contributed by atoms with van der Waals surface area (Å²) in [6, 6.07) is 3.96. The van der Waals surface area contributed by atoms with Gasteiger partial charge in [0.05, 0.1) is 11.5 Å². The van der Waals surface area contributed by atoms with Crippen LogP contribution in [0.5, 0.6) is 0 Å². The molecule has 0 aromatic heterocycles. The van der Waals surface area contributed by atoms with Gasteiger partial charge in [-0.2, -0.15) is 13.2 Å². The third-order valence-corrected chi connectivity index (χ3v) is 2.17. The molecule has 0 aliphatic heterocycles. The van der Waals surface area contributed by atoms with Crippen LogP contribution in [0.25, 0.3) is 0 Å². The highest BCUT2D eigenvalue weighted by Gasteiger charge is 2.30. The highest BCUT2D eigenvalue weighted by Crippen LogP contribution is 2.30. The monoisotopic (exact) mass is 233 g/mol. The third-order valence-electron chi connectivity index (χ3n) is 2.17. The van der Waals surface area contributed by atoms with E-state index in [0.29, 0.717) is 0 Å². The van der Waals surface area contributed by atoms with Gasteiger partial charge < -0.3 is 10.8 Å². The average molecular weight is 233 g/mol. The van der Waals surface area contributed by atoms with Gasteiger partial charge in [-0.25, -0.2) is 0 Å². The zero-order valence-corrected chi connectivity index (χ0v) is 8.16. The molecule has 3 nitrogen and oxygen atoms in total. The van der Waals surface area contributed by atoms with E-state index in [2.05, 4.69) is 0 Å². The maximum absolute atomic E-state index is 12.2. The van der Waals surface area contributed by atoms with E-state index in [9.17, 15) is 18.0 Å². The molecule has 6 heteroatoms. The molecule has 1 atom stereocenters. The fourth-order valence-corrected chi connectivity index (χ4v) is 1.28. The zero-order chi connectivity index (χ0) is 12.3. The summed E-state index contributed by atoms with van der Waals surface area (Å²) in [5.41, 5.74) is 4.69. The molecule has 0 aliphatic carbocycles. The smallest absolute Gasteiger partial charge is 0.416 e. The first-order valence-electron chi connectivity index (χ1n) is 4.46. The Balaban J connectivity index is 2.98. The van der Waals surface area contributed by atoms with Gasteiger partial charge in [0.1, 0.15) is 0 Å². The molecule has 0 spiro atoms. The van der Waals surface area contributed by atoms with Crippen molar-refractivity contribution >= 4 is 5.97 Å². The number of carboxylic acids is 1. The molecule has 0 fully saturated rings. The van der Waals surface area contributed by atoms with E-state index < -0.39 is 23.6 Å². The molecule has 0 aliphatic rings. The van der Waals surface area contributed by atoms with Gasteiger partial charge in [0.25, 0.3) is 0 Å². The topological polar surface area (TPSA) is 63.3 Å². The summed E-state index contributed by atoms with van der Waals surface area (Å²) in [5, 5.41) is 8.75. The van der Waals surface area contributed by atoms with Crippen LogP contribution in [-0.4, -0.2) is 17.6 Å². The van der Waals surface area contributed by atoms with Crippen LogP contribution in [0.3, 0.4) is 0 Å². The summed E-state index contributed by atoms with van der Waals surface area (Å²) in [7, 11) is 0. The van der Waals surface area contributed by atoms with Crippen LogP contribution < -0.4 is 5.73 Å². The lowest BCUT2D eigenvalue weighted by molar-refractivity contribution is -0.138. The largest absolute Gasteiger partial charge is 0.481 e. The number of hydrogen-bond donors (Lipinski definition) is 2. The number of aliphatic carboxylic acids is 1. The fraction of sp³-hybridized carbons (Fsp3) is 0.300. The molecule has 1 aromatic carbocycles. The van der Waals surface area contributed by atoms with Crippen molar-refractivity contribution in [3.05, 3.63) is 35.4 Å². The van der Waals surface area contributed by atoms with E-state index in [0.717, 1.165) is 24.3 Å². The Labute approximate surface area is 89.7 Å². The molecule has 0 unspecified atom stereocenters. The van der Waals surface area contributed by atoms with E-state index in [1.54, 1.807) is 0 Å². The quantitative estimate of drug-likeness (QED) is 0.837. The first-order valence-corrected chi connectivity index (χ1v) is 4.46. The Morgan fingerprint density at radius 3 is 2.12 bits per heavy atom. The molecule has 1 aromatic rings. The minimum Gasteiger partial charge on any atom is -0.481 e. The first kappa shape index (κ1) is 12.5. The first-order chi connectivity index (χ1) is 7.36. The summed E-state index contributed by atoms with van der Waals surface area (Å²) in [6.07, 6.45) is -4.42. The van der Waals surface area contributed by atoms with Gasteiger partial charge in [0.15, 0.2) is 0 Å². The number of halogens is 3. The van der Waals surface area contributed by atoms with Crippen molar-refractivity contribution in [3.63, 3.8) is 0 Å². The highest BCUT2D eigenvalue weighted by molar-refractivity contribution is 5.76. The SMILES string of the molecule is NC[C@H](C(=O)O)c1ccc(C(F)(F)F)cc1. The summed E-state index contributed by atoms with van der Waals surface area (Å²) < 4.78 is 36.7. The van der Waals surface area contributed by atoms with Gasteiger partial charge in [-0.05, 0) is 17.7 Å². The van der Waals surface area contributed by atoms with E-state index >= 15 is 0 Å². The number of rotatable bonds is 3. The van der Waals surface area contributed by atoms with Crippen molar-refractivity contribution in [2.24, 2.45) is 5.73 Å². The van der Waals surface area contributed by atoms with Crippen LogP contribution in [0.15, 0.2) is 24.3 Å². The number of hydrogen-bond acceptors (Lipinski definition) is 2. The number of nitrogens with two attached hydrogens (primary N) is 1. The summed E-state index contributed by atoms with van der Waals surface area (Å²) in [5.74, 6) is -2.12. The average Bonchev–Trinajstić information content (AvgIpc) is 2.17. The van der Waals surface area contributed by atoms with Gasteiger partial charge in [0, 0.05) is 6.54 Å². The van der Waals surface area contributed by atoms with Crippen molar-refractivity contribution in [1.29, 1.82) is 0 Å². The van der Waals surface area contributed by atoms with Crippen molar-refractivity contribution in [1.82, 2.24) is 0 Å². The molecule has 0 saturated heterocycles. The highest BCUT2D eigenvalue weighted by atomic mass is 19.4. The molecule has 88 valence electrons. The van der Waals surface area contributed by atoms with Gasteiger partial charge in [-0.15, -0.1) is 0 Å². The zero-order valence-electron chi connectivity index (χ0n) is 8.16. The Morgan fingerprint density at radius 1 is 1.31 bits per heavy atom. The number of carbonyl (C=O) groups is 1. The second-order valence-corrected chi connectivity index (χ2v) is 3.25. The molecule has 0 bridgehead atoms. The van der Waals surface area contributed by atoms with E-state index in [1.807, 2.05) is 0 Å². The second kappa shape index (κ2) is 4.52. The van der Waals surface area contributed by atoms with Crippen LogP contribution in [0.4, 0.5) is 13.2 Å². The molecule has 16 heavy (non-hydrogen) atoms. The minimum atomic E-state index is -4.42. The maximum atomic E-state index is 12.2. The summed E-state index contributed by atoms with van der Waals surface area (Å²) >= 11 is 0. The number of alkyl halides is 3. The van der Waals surface area contributed by atoms with Gasteiger partial charge in [-0.1, -0.05) is 12.1 Å². The number of carboxylic acid groups (broad SMARTS) is 1. The predicted molar refractivity (Wildman–Crippen MR) is 50.9 cm³/mol. The van der Waals surface area contributed by atoms with Crippen molar-refractivity contribution < 1.29 is 23.1 Å². The normalized spacial score (nSPS) is 13.5. The molecule has 3 N–H and O–H groups in total. The Hall–Kier alpha value is -1.56. The van der Waals surface area contributed by atoms with E-state index in [-0.39, 0.29) is 12.1 Å². The van der Waals surface area contributed by atoms with Gasteiger partial charge in [0.2, 0.25) is 0 Å². The molecule has 0 heterocycles. The lowest BCUT2D eigenvalue weighted by atomic mass is 9.98. The summed E-state index contributed by atoms with van der Waals surface area (Å²) in [6.45, 7) is -0.152. The van der Waals surface area contributed by atoms with Crippen molar-refractivity contribution in [2.75, 3.05) is 6.54 Å². The maximum Gasteiger partial charge on any atom is 0.416 e. The molecule has 0 amide bonds. The lowest BCUT2D eigenvalue weighted by Crippen LogP contribution is -2.21. The minimum absolute atomic E-state index is 0.152. The van der Waals surface area contributed by atoms with Gasteiger partial charge in [-0.3, -0.25) is 4.79 Å². The van der Waals surface area contributed by atoms with Gasteiger partial charge >= 0.3 is 12.1 Å². The van der Waals surface area contributed by atoms with Crippen LogP contribution >= 0.6 is 0 Å². The van der Waals surface area contributed by atoms with Crippen LogP contribution in [0.1, 0.15) is 17.0 Å². The Bertz CT molecular complexity index is 373. The van der Waals surface area contributed by atoms with Crippen LogP contribution in [0, 0.1) is 0 Å². The third kappa shape index (κ3) is 2.73. The molecular weight excluding hydrogens is 223 g/mol. The molecular formula is C10H10F3NO2. The van der Waals surface area contributed by atoms with Crippen molar-refractivity contribution in [2.45, 2.75) is 12.1 Å². The standard InChI is InChI=1S/C10H10F3NO2/c11-10(12,13)7-3-1-6(2-4-7)8(5-14)9(15)16/h1-4,8H,5,14H2,(H,15,16)/t8-/m0/s1. The summed E-state index contributed by atoms with van der Waals surface area (Å²) in [4.78, 5) is 10.7. The fourth-order valence-electron chi connectivity index (χ4n) is 1.28. The Kier molecular flexibility index (Phi) is 3.54. The van der Waals surface area contributed by atoms with Crippen molar-refractivity contribution in [3.8, 4) is 0 Å². The number of benzene rings is 1. The Morgan fingerprint density at radius 2 is 1.81 bits per heavy atom. The molecule has 0 radical (unpaired) electrons.